The lowest BCUT2D eigenvalue weighted by Crippen LogP contribution is -2.19. The number of hydrogen-bond acceptors (Lipinski definition) is 3. The van der Waals surface area contributed by atoms with E-state index in [1.807, 2.05) is 6.92 Å². The summed E-state index contributed by atoms with van der Waals surface area (Å²) < 4.78 is 5.16. The summed E-state index contributed by atoms with van der Waals surface area (Å²) in [5.74, 6) is -0.262. The molecule has 0 bridgehead atoms. The van der Waals surface area contributed by atoms with Crippen molar-refractivity contribution in [2.24, 2.45) is 0 Å². The van der Waals surface area contributed by atoms with Crippen LogP contribution in [0.1, 0.15) is 66.5 Å². The van der Waals surface area contributed by atoms with Gasteiger partial charge in [0.25, 0.3) is 0 Å². The molecular weight excluding hydrogens is 238 g/mol. The number of carbonyl (C=O) groups is 1. The number of carbonyl (C=O) groups excluding carboxylic acids is 1. The van der Waals surface area contributed by atoms with Gasteiger partial charge in [-0.2, -0.15) is 0 Å². The minimum Gasteiger partial charge on any atom is -0.461 e. The Morgan fingerprint density at radius 3 is 2.37 bits per heavy atom. The van der Waals surface area contributed by atoms with E-state index in [0.717, 1.165) is 36.9 Å². The molecule has 0 radical (unpaired) electrons. The SMILES string of the molecule is CCOC(=O)c1nc(CC)c2c(c1CC)CCCC2. The smallest absolute Gasteiger partial charge is 0.357 e. The van der Waals surface area contributed by atoms with E-state index in [0.29, 0.717) is 12.3 Å². The Bertz CT molecular complexity index is 480. The summed E-state index contributed by atoms with van der Waals surface area (Å²) in [7, 11) is 0. The molecule has 3 heteroatoms. The van der Waals surface area contributed by atoms with E-state index >= 15 is 0 Å². The van der Waals surface area contributed by atoms with Crippen LogP contribution in [0, 0.1) is 0 Å². The van der Waals surface area contributed by atoms with Crippen LogP contribution in [-0.2, 0) is 30.4 Å². The lowest BCUT2D eigenvalue weighted by Gasteiger charge is -2.23. The van der Waals surface area contributed by atoms with Gasteiger partial charge in [-0.25, -0.2) is 9.78 Å². The lowest BCUT2D eigenvalue weighted by molar-refractivity contribution is 0.0517. The zero-order chi connectivity index (χ0) is 13.8. The molecule has 3 nitrogen and oxygen atoms in total. The topological polar surface area (TPSA) is 39.2 Å². The first-order chi connectivity index (χ1) is 9.22. The van der Waals surface area contributed by atoms with Crippen molar-refractivity contribution in [2.75, 3.05) is 6.61 Å². The number of fused-ring (bicyclic) bond motifs is 1. The van der Waals surface area contributed by atoms with Crippen molar-refractivity contribution in [1.82, 2.24) is 4.98 Å². The Kier molecular flexibility index (Phi) is 4.56. The average molecular weight is 261 g/mol. The number of nitrogens with zero attached hydrogens (tertiary/aromatic N) is 1. The van der Waals surface area contributed by atoms with E-state index in [1.54, 1.807) is 0 Å². The molecule has 1 aliphatic carbocycles. The number of rotatable bonds is 4. The van der Waals surface area contributed by atoms with E-state index < -0.39 is 0 Å². The Labute approximate surface area is 115 Å². The first kappa shape index (κ1) is 14.0. The standard InChI is InChI=1S/C16H23NO2/c1-4-11-12-9-7-8-10-13(12)14(5-2)17-15(11)16(18)19-6-3/h4-10H2,1-3H3. The number of ether oxygens (including phenoxy) is 1. The Hall–Kier alpha value is -1.38. The quantitative estimate of drug-likeness (QED) is 0.781. The molecule has 0 saturated heterocycles. The molecule has 0 amide bonds. The summed E-state index contributed by atoms with van der Waals surface area (Å²) in [6.45, 7) is 6.45. The molecule has 1 heterocycles. The van der Waals surface area contributed by atoms with Crippen LogP contribution in [0.2, 0.25) is 0 Å². The molecule has 0 saturated carbocycles. The second-order valence-corrected chi connectivity index (χ2v) is 4.98. The first-order valence-corrected chi connectivity index (χ1v) is 7.43. The van der Waals surface area contributed by atoms with Gasteiger partial charge < -0.3 is 4.74 Å². The second kappa shape index (κ2) is 6.18. The van der Waals surface area contributed by atoms with Crippen LogP contribution < -0.4 is 0 Å². The van der Waals surface area contributed by atoms with Gasteiger partial charge in [-0.1, -0.05) is 13.8 Å². The Balaban J connectivity index is 2.56. The number of aryl methyl sites for hydroxylation is 1. The van der Waals surface area contributed by atoms with Gasteiger partial charge in [0.05, 0.1) is 6.61 Å². The van der Waals surface area contributed by atoms with E-state index in [2.05, 4.69) is 18.8 Å². The second-order valence-electron chi connectivity index (χ2n) is 4.98. The van der Waals surface area contributed by atoms with E-state index in [9.17, 15) is 4.79 Å². The van der Waals surface area contributed by atoms with Gasteiger partial charge in [-0.15, -0.1) is 0 Å². The molecule has 0 aromatic carbocycles. The summed E-state index contributed by atoms with van der Waals surface area (Å²) in [6, 6.07) is 0. The molecule has 104 valence electrons. The summed E-state index contributed by atoms with van der Waals surface area (Å²) in [4.78, 5) is 16.7. The van der Waals surface area contributed by atoms with Crippen LogP contribution in [0.4, 0.5) is 0 Å². The predicted molar refractivity (Wildman–Crippen MR) is 75.6 cm³/mol. The molecule has 0 unspecified atom stereocenters. The zero-order valence-corrected chi connectivity index (χ0v) is 12.2. The molecule has 2 rings (SSSR count). The van der Waals surface area contributed by atoms with Crippen LogP contribution in [0.25, 0.3) is 0 Å². The van der Waals surface area contributed by atoms with Gasteiger partial charge >= 0.3 is 5.97 Å². The van der Waals surface area contributed by atoms with Gasteiger partial charge in [0.15, 0.2) is 5.69 Å². The van der Waals surface area contributed by atoms with Gasteiger partial charge in [0.1, 0.15) is 0 Å². The van der Waals surface area contributed by atoms with Crippen LogP contribution >= 0.6 is 0 Å². The van der Waals surface area contributed by atoms with E-state index in [4.69, 9.17) is 4.74 Å². The van der Waals surface area contributed by atoms with Gasteiger partial charge in [0, 0.05) is 5.69 Å². The Morgan fingerprint density at radius 1 is 1.11 bits per heavy atom. The van der Waals surface area contributed by atoms with Crippen molar-refractivity contribution in [1.29, 1.82) is 0 Å². The predicted octanol–water partition coefficient (Wildman–Crippen LogP) is 3.26. The van der Waals surface area contributed by atoms with Crippen molar-refractivity contribution in [3.05, 3.63) is 28.1 Å². The van der Waals surface area contributed by atoms with E-state index in [-0.39, 0.29) is 5.97 Å². The first-order valence-electron chi connectivity index (χ1n) is 7.43. The molecule has 0 atom stereocenters. The zero-order valence-electron chi connectivity index (χ0n) is 12.2. The maximum Gasteiger partial charge on any atom is 0.357 e. The van der Waals surface area contributed by atoms with Crippen molar-refractivity contribution in [3.63, 3.8) is 0 Å². The summed E-state index contributed by atoms with van der Waals surface area (Å²) in [5.41, 5.74) is 5.55. The molecule has 0 N–H and O–H groups in total. The highest BCUT2D eigenvalue weighted by atomic mass is 16.5. The average Bonchev–Trinajstić information content (AvgIpc) is 2.45. The maximum absolute atomic E-state index is 12.1. The van der Waals surface area contributed by atoms with Crippen LogP contribution in [0.3, 0.4) is 0 Å². The molecule has 1 aromatic rings. The third-order valence-corrected chi connectivity index (χ3v) is 3.87. The van der Waals surface area contributed by atoms with Crippen molar-refractivity contribution in [2.45, 2.75) is 59.3 Å². The molecule has 19 heavy (non-hydrogen) atoms. The third kappa shape index (κ3) is 2.65. The monoisotopic (exact) mass is 261 g/mol. The number of aromatic nitrogens is 1. The minimum absolute atomic E-state index is 0.262. The van der Waals surface area contributed by atoms with E-state index in [1.165, 1.54) is 24.0 Å². The van der Waals surface area contributed by atoms with Gasteiger partial charge in [-0.3, -0.25) is 0 Å². The van der Waals surface area contributed by atoms with Crippen LogP contribution in [0.15, 0.2) is 0 Å². The molecule has 1 aliphatic rings. The maximum atomic E-state index is 12.1. The molecule has 0 aliphatic heterocycles. The fraction of sp³-hybridized carbons (Fsp3) is 0.625. The highest BCUT2D eigenvalue weighted by molar-refractivity contribution is 5.89. The lowest BCUT2D eigenvalue weighted by atomic mass is 9.85. The molecular formula is C16H23NO2. The normalized spacial score (nSPS) is 14.1. The number of esters is 1. The van der Waals surface area contributed by atoms with Gasteiger partial charge in [-0.05, 0) is 62.1 Å². The summed E-state index contributed by atoms with van der Waals surface area (Å²) >= 11 is 0. The third-order valence-electron chi connectivity index (χ3n) is 3.87. The van der Waals surface area contributed by atoms with Crippen LogP contribution in [0.5, 0.6) is 0 Å². The molecule has 0 fully saturated rings. The Morgan fingerprint density at radius 2 is 1.79 bits per heavy atom. The summed E-state index contributed by atoms with van der Waals surface area (Å²) in [6.07, 6.45) is 6.40. The number of hydrogen-bond donors (Lipinski definition) is 0. The van der Waals surface area contributed by atoms with Gasteiger partial charge in [0.2, 0.25) is 0 Å². The van der Waals surface area contributed by atoms with Crippen molar-refractivity contribution >= 4 is 5.97 Å². The largest absolute Gasteiger partial charge is 0.461 e. The minimum atomic E-state index is -0.262. The summed E-state index contributed by atoms with van der Waals surface area (Å²) in [5, 5.41) is 0. The molecule has 0 spiro atoms. The van der Waals surface area contributed by atoms with Crippen molar-refractivity contribution in [3.8, 4) is 0 Å². The fourth-order valence-corrected chi connectivity index (χ4v) is 3.01. The molecule has 1 aromatic heterocycles. The highest BCUT2D eigenvalue weighted by Crippen LogP contribution is 2.29. The van der Waals surface area contributed by atoms with Crippen LogP contribution in [-0.4, -0.2) is 17.6 Å². The van der Waals surface area contributed by atoms with Crippen molar-refractivity contribution < 1.29 is 9.53 Å². The fourth-order valence-electron chi connectivity index (χ4n) is 3.01. The highest BCUT2D eigenvalue weighted by Gasteiger charge is 2.24. The number of pyridine rings is 1.